The van der Waals surface area contributed by atoms with Crippen molar-refractivity contribution in [2.24, 2.45) is 0 Å². The molecule has 0 aliphatic heterocycles. The van der Waals surface area contributed by atoms with Gasteiger partial charge in [0.1, 0.15) is 5.82 Å². The number of rotatable bonds is 0. The summed E-state index contributed by atoms with van der Waals surface area (Å²) in [6.07, 6.45) is 0. The Hall–Kier alpha value is -0.633. The average molecular weight is 184 g/mol. The third kappa shape index (κ3) is 2.45. The SMILES string of the molecule is CC(C)(C)c1ccccc1F.[SiH4]. The largest absolute Gasteiger partial charge is 0.207 e. The summed E-state index contributed by atoms with van der Waals surface area (Å²) >= 11 is 0. The van der Waals surface area contributed by atoms with Crippen molar-refractivity contribution >= 4 is 11.0 Å². The van der Waals surface area contributed by atoms with Gasteiger partial charge < -0.3 is 0 Å². The third-order valence-corrected chi connectivity index (χ3v) is 1.68. The first-order valence-electron chi connectivity index (χ1n) is 3.77. The van der Waals surface area contributed by atoms with Crippen molar-refractivity contribution in [2.45, 2.75) is 26.2 Å². The van der Waals surface area contributed by atoms with Gasteiger partial charge in [-0.05, 0) is 28.0 Å². The molecule has 0 aliphatic rings. The molecule has 0 unspecified atom stereocenters. The van der Waals surface area contributed by atoms with Crippen LogP contribution in [0.15, 0.2) is 24.3 Å². The van der Waals surface area contributed by atoms with Gasteiger partial charge in [-0.1, -0.05) is 39.0 Å². The normalized spacial score (nSPS) is 10.7. The predicted molar refractivity (Wildman–Crippen MR) is 56.4 cm³/mol. The monoisotopic (exact) mass is 184 g/mol. The van der Waals surface area contributed by atoms with Gasteiger partial charge >= 0.3 is 0 Å². The molecule has 0 radical (unpaired) electrons. The molecule has 0 aromatic heterocycles. The van der Waals surface area contributed by atoms with E-state index in [0.717, 1.165) is 5.56 Å². The van der Waals surface area contributed by atoms with Gasteiger partial charge in [-0.15, -0.1) is 0 Å². The highest BCUT2D eigenvalue weighted by Crippen LogP contribution is 2.23. The summed E-state index contributed by atoms with van der Waals surface area (Å²) in [6, 6.07) is 6.91. The summed E-state index contributed by atoms with van der Waals surface area (Å²) in [7, 11) is 0. The van der Waals surface area contributed by atoms with E-state index in [1.165, 1.54) is 6.07 Å². The lowest BCUT2D eigenvalue weighted by Crippen LogP contribution is -2.12. The van der Waals surface area contributed by atoms with E-state index in [4.69, 9.17) is 0 Å². The molecule has 0 saturated heterocycles. The zero-order chi connectivity index (χ0) is 8.48. The summed E-state index contributed by atoms with van der Waals surface area (Å²) in [6.45, 7) is 6.02. The van der Waals surface area contributed by atoms with Gasteiger partial charge in [-0.25, -0.2) is 4.39 Å². The van der Waals surface area contributed by atoms with Crippen LogP contribution in [0.5, 0.6) is 0 Å². The lowest BCUT2D eigenvalue weighted by molar-refractivity contribution is 0.523. The van der Waals surface area contributed by atoms with E-state index in [9.17, 15) is 4.39 Å². The Bertz CT molecular complexity index is 250. The molecule has 1 aromatic rings. The van der Waals surface area contributed by atoms with Crippen molar-refractivity contribution in [3.05, 3.63) is 35.6 Å². The zero-order valence-electron chi connectivity index (χ0n) is 7.19. The Morgan fingerprint density at radius 2 is 1.58 bits per heavy atom. The minimum absolute atomic E-state index is 0. The van der Waals surface area contributed by atoms with Gasteiger partial charge in [0.25, 0.3) is 0 Å². The van der Waals surface area contributed by atoms with Gasteiger partial charge in [-0.2, -0.15) is 0 Å². The zero-order valence-corrected chi connectivity index (χ0v) is 7.19. The first kappa shape index (κ1) is 11.4. The lowest BCUT2D eigenvalue weighted by Gasteiger charge is -2.19. The van der Waals surface area contributed by atoms with Crippen LogP contribution in [0, 0.1) is 5.82 Å². The minimum Gasteiger partial charge on any atom is -0.207 e. The van der Waals surface area contributed by atoms with Gasteiger partial charge in [-0.3, -0.25) is 0 Å². The molecule has 68 valence electrons. The van der Waals surface area contributed by atoms with Crippen LogP contribution in [0.2, 0.25) is 0 Å². The second-order valence-electron chi connectivity index (χ2n) is 3.73. The lowest BCUT2D eigenvalue weighted by atomic mass is 9.87. The van der Waals surface area contributed by atoms with E-state index in [1.54, 1.807) is 6.07 Å². The molecule has 0 N–H and O–H groups in total. The van der Waals surface area contributed by atoms with Gasteiger partial charge in [0, 0.05) is 0 Å². The fourth-order valence-corrected chi connectivity index (χ4v) is 1.07. The maximum absolute atomic E-state index is 13.1. The van der Waals surface area contributed by atoms with Crippen molar-refractivity contribution in [2.75, 3.05) is 0 Å². The molecule has 0 atom stereocenters. The molecule has 1 rings (SSSR count). The quantitative estimate of drug-likeness (QED) is 0.538. The number of hydrogen-bond donors (Lipinski definition) is 0. The van der Waals surface area contributed by atoms with E-state index in [0.29, 0.717) is 0 Å². The molecular formula is C10H17FSi. The van der Waals surface area contributed by atoms with Gasteiger partial charge in [0.2, 0.25) is 0 Å². The van der Waals surface area contributed by atoms with Crippen LogP contribution < -0.4 is 0 Å². The molecule has 2 heteroatoms. The summed E-state index contributed by atoms with van der Waals surface area (Å²) in [5, 5.41) is 0. The standard InChI is InChI=1S/C10H13F.H4Si/c1-10(2,3)8-6-4-5-7-9(8)11;/h4-7H,1-3H3;1H4. The van der Waals surface area contributed by atoms with E-state index in [-0.39, 0.29) is 22.2 Å². The van der Waals surface area contributed by atoms with Crippen LogP contribution in [0.25, 0.3) is 0 Å². The highest BCUT2D eigenvalue weighted by atomic mass is 28.1. The van der Waals surface area contributed by atoms with Crippen molar-refractivity contribution in [3.8, 4) is 0 Å². The van der Waals surface area contributed by atoms with Crippen molar-refractivity contribution in [3.63, 3.8) is 0 Å². The first-order valence-corrected chi connectivity index (χ1v) is 3.77. The summed E-state index contributed by atoms with van der Waals surface area (Å²) in [4.78, 5) is 0. The van der Waals surface area contributed by atoms with Crippen molar-refractivity contribution in [1.82, 2.24) is 0 Å². The Labute approximate surface area is 77.8 Å². The molecule has 0 bridgehead atoms. The van der Waals surface area contributed by atoms with Gasteiger partial charge in [0.15, 0.2) is 0 Å². The first-order chi connectivity index (χ1) is 5.02. The second kappa shape index (κ2) is 3.85. The molecule has 0 saturated carbocycles. The van der Waals surface area contributed by atoms with E-state index in [1.807, 2.05) is 32.9 Å². The van der Waals surface area contributed by atoms with E-state index >= 15 is 0 Å². The summed E-state index contributed by atoms with van der Waals surface area (Å²) < 4.78 is 13.1. The average Bonchev–Trinajstić information content (AvgIpc) is 1.86. The molecule has 0 amide bonds. The van der Waals surface area contributed by atoms with E-state index < -0.39 is 0 Å². The minimum atomic E-state index is -0.111. The molecule has 0 nitrogen and oxygen atoms in total. The number of halogens is 1. The molecular weight excluding hydrogens is 167 g/mol. The highest BCUT2D eigenvalue weighted by Gasteiger charge is 2.16. The van der Waals surface area contributed by atoms with Crippen molar-refractivity contribution < 1.29 is 4.39 Å². The second-order valence-corrected chi connectivity index (χ2v) is 3.73. The Morgan fingerprint density at radius 1 is 1.08 bits per heavy atom. The van der Waals surface area contributed by atoms with E-state index in [2.05, 4.69) is 0 Å². The molecule has 0 fully saturated rings. The van der Waals surface area contributed by atoms with Crippen LogP contribution in [0.3, 0.4) is 0 Å². The number of benzene rings is 1. The topological polar surface area (TPSA) is 0 Å². The molecule has 0 spiro atoms. The van der Waals surface area contributed by atoms with Gasteiger partial charge in [0.05, 0.1) is 0 Å². The van der Waals surface area contributed by atoms with Crippen molar-refractivity contribution in [1.29, 1.82) is 0 Å². The summed E-state index contributed by atoms with van der Waals surface area (Å²) in [5.74, 6) is -0.111. The Kier molecular flexibility index (Phi) is 3.65. The fraction of sp³-hybridized carbons (Fsp3) is 0.400. The van der Waals surface area contributed by atoms with Crippen LogP contribution in [0.4, 0.5) is 4.39 Å². The predicted octanol–water partition coefficient (Wildman–Crippen LogP) is 1.67. The van der Waals surface area contributed by atoms with Crippen LogP contribution in [-0.4, -0.2) is 11.0 Å². The molecule has 1 aromatic carbocycles. The molecule has 0 aliphatic carbocycles. The Morgan fingerprint density at radius 3 is 1.92 bits per heavy atom. The fourth-order valence-electron chi connectivity index (χ4n) is 1.07. The molecule has 0 heterocycles. The third-order valence-electron chi connectivity index (χ3n) is 1.68. The smallest absolute Gasteiger partial charge is 0.126 e. The van der Waals surface area contributed by atoms with Crippen LogP contribution in [-0.2, 0) is 5.41 Å². The molecule has 12 heavy (non-hydrogen) atoms. The maximum atomic E-state index is 13.1. The Balaban J connectivity index is 0.00000121. The van der Waals surface area contributed by atoms with Crippen LogP contribution >= 0.6 is 0 Å². The highest BCUT2D eigenvalue weighted by molar-refractivity contribution is 5.75. The van der Waals surface area contributed by atoms with Crippen LogP contribution in [0.1, 0.15) is 26.3 Å². The summed E-state index contributed by atoms with van der Waals surface area (Å²) in [5.41, 5.74) is 0.686. The maximum Gasteiger partial charge on any atom is 0.126 e. The number of hydrogen-bond acceptors (Lipinski definition) is 0.